The van der Waals surface area contributed by atoms with E-state index in [0.29, 0.717) is 19.3 Å². The number of hydrogen-bond acceptors (Lipinski definition) is 3. The van der Waals surface area contributed by atoms with Gasteiger partial charge in [-0.05, 0) is 25.8 Å². The highest BCUT2D eigenvalue weighted by Crippen LogP contribution is 2.23. The Morgan fingerprint density at radius 1 is 1.47 bits per heavy atom. The van der Waals surface area contributed by atoms with Crippen LogP contribution in [0.3, 0.4) is 0 Å². The van der Waals surface area contributed by atoms with Crippen LogP contribution in [0, 0.1) is 6.92 Å². The molecule has 2 rings (SSSR count). The second kappa shape index (κ2) is 4.81. The van der Waals surface area contributed by atoms with Gasteiger partial charge in [0, 0.05) is 5.56 Å². The Morgan fingerprint density at radius 3 is 2.80 bits per heavy atom. The van der Waals surface area contributed by atoms with Crippen molar-refractivity contribution in [1.82, 2.24) is 0 Å². The summed E-state index contributed by atoms with van der Waals surface area (Å²) in [6, 6.07) is 2.00. The Bertz CT molecular complexity index is 313. The maximum absolute atomic E-state index is 5.83. The molecular weight excluding hydrogens is 190 g/mol. The molecule has 0 aromatic carbocycles. The third kappa shape index (κ3) is 2.61. The highest BCUT2D eigenvalue weighted by atomic mass is 16.5. The maximum atomic E-state index is 5.83. The van der Waals surface area contributed by atoms with Gasteiger partial charge in [-0.2, -0.15) is 0 Å². The molecule has 1 fully saturated rings. The first-order chi connectivity index (χ1) is 7.29. The average Bonchev–Trinajstić information content (AvgIpc) is 2.84. The van der Waals surface area contributed by atoms with Crippen molar-refractivity contribution < 1.29 is 9.15 Å². The van der Waals surface area contributed by atoms with E-state index < -0.39 is 0 Å². The number of aryl methyl sites for hydroxylation is 1. The summed E-state index contributed by atoms with van der Waals surface area (Å²) in [5, 5.41) is 0. The van der Waals surface area contributed by atoms with Gasteiger partial charge < -0.3 is 14.9 Å². The van der Waals surface area contributed by atoms with Gasteiger partial charge >= 0.3 is 0 Å². The lowest BCUT2D eigenvalue weighted by molar-refractivity contribution is 0.0451. The summed E-state index contributed by atoms with van der Waals surface area (Å²) in [5.41, 5.74) is 6.66. The second-order valence-corrected chi connectivity index (χ2v) is 4.22. The van der Waals surface area contributed by atoms with Crippen molar-refractivity contribution in [3.8, 4) is 0 Å². The molecule has 3 heteroatoms. The molecule has 1 saturated carbocycles. The summed E-state index contributed by atoms with van der Waals surface area (Å²) in [4.78, 5) is 0. The van der Waals surface area contributed by atoms with Gasteiger partial charge in [0.2, 0.25) is 0 Å². The van der Waals surface area contributed by atoms with Crippen molar-refractivity contribution in [3.63, 3.8) is 0 Å². The van der Waals surface area contributed by atoms with Crippen molar-refractivity contribution in [1.29, 1.82) is 0 Å². The van der Waals surface area contributed by atoms with Gasteiger partial charge in [-0.1, -0.05) is 12.8 Å². The fourth-order valence-electron chi connectivity index (χ4n) is 2.09. The number of rotatable bonds is 4. The Morgan fingerprint density at radius 2 is 2.20 bits per heavy atom. The highest BCUT2D eigenvalue weighted by Gasteiger charge is 2.16. The molecule has 0 amide bonds. The molecule has 0 radical (unpaired) electrons. The summed E-state index contributed by atoms with van der Waals surface area (Å²) < 4.78 is 11.3. The Labute approximate surface area is 90.6 Å². The minimum Gasteiger partial charge on any atom is -0.465 e. The van der Waals surface area contributed by atoms with E-state index in [1.54, 1.807) is 0 Å². The minimum absolute atomic E-state index is 0.459. The minimum atomic E-state index is 0.459. The fraction of sp³-hybridized carbons (Fsp3) is 0.667. The van der Waals surface area contributed by atoms with Gasteiger partial charge in [0.1, 0.15) is 11.5 Å². The van der Waals surface area contributed by atoms with E-state index in [2.05, 4.69) is 0 Å². The molecule has 0 atom stereocenters. The quantitative estimate of drug-likeness (QED) is 0.828. The fourth-order valence-corrected chi connectivity index (χ4v) is 2.09. The van der Waals surface area contributed by atoms with Crippen LogP contribution in [0.5, 0.6) is 0 Å². The molecule has 1 aliphatic carbocycles. The number of ether oxygens (including phenoxy) is 1. The molecule has 0 aliphatic heterocycles. The van der Waals surface area contributed by atoms with E-state index in [-0.39, 0.29) is 0 Å². The predicted octanol–water partition coefficient (Wildman–Crippen LogP) is 2.51. The molecule has 15 heavy (non-hydrogen) atoms. The molecular formula is C12H19NO2. The number of hydrogen-bond donors (Lipinski definition) is 1. The average molecular weight is 209 g/mol. The van der Waals surface area contributed by atoms with Crippen LogP contribution in [0.15, 0.2) is 10.5 Å². The smallest absolute Gasteiger partial charge is 0.118 e. The van der Waals surface area contributed by atoms with Gasteiger partial charge in [-0.25, -0.2) is 0 Å². The topological polar surface area (TPSA) is 48.4 Å². The molecule has 2 N–H and O–H groups in total. The Hall–Kier alpha value is -0.800. The molecule has 0 saturated heterocycles. The van der Waals surface area contributed by atoms with Gasteiger partial charge in [0.25, 0.3) is 0 Å². The summed E-state index contributed by atoms with van der Waals surface area (Å²) >= 11 is 0. The molecule has 0 bridgehead atoms. The first kappa shape index (κ1) is 10.7. The van der Waals surface area contributed by atoms with E-state index in [1.165, 1.54) is 25.7 Å². The lowest BCUT2D eigenvalue weighted by atomic mass is 10.2. The largest absolute Gasteiger partial charge is 0.465 e. The summed E-state index contributed by atoms with van der Waals surface area (Å²) in [6.45, 7) is 3.09. The zero-order chi connectivity index (χ0) is 10.7. The van der Waals surface area contributed by atoms with E-state index in [9.17, 15) is 0 Å². The van der Waals surface area contributed by atoms with Crippen molar-refractivity contribution in [2.24, 2.45) is 5.73 Å². The van der Waals surface area contributed by atoms with Gasteiger partial charge in [-0.15, -0.1) is 0 Å². The van der Waals surface area contributed by atoms with Crippen LogP contribution in [0.25, 0.3) is 0 Å². The van der Waals surface area contributed by atoms with Gasteiger partial charge in [0.05, 0.1) is 19.3 Å². The van der Waals surface area contributed by atoms with Crippen molar-refractivity contribution in [2.75, 3.05) is 0 Å². The molecule has 0 spiro atoms. The second-order valence-electron chi connectivity index (χ2n) is 4.22. The van der Waals surface area contributed by atoms with Crippen LogP contribution in [0.4, 0.5) is 0 Å². The van der Waals surface area contributed by atoms with Crippen molar-refractivity contribution in [2.45, 2.75) is 51.9 Å². The van der Waals surface area contributed by atoms with Crippen molar-refractivity contribution >= 4 is 0 Å². The zero-order valence-corrected chi connectivity index (χ0v) is 9.29. The van der Waals surface area contributed by atoms with Crippen LogP contribution in [-0.2, 0) is 17.9 Å². The van der Waals surface area contributed by atoms with Gasteiger partial charge in [-0.3, -0.25) is 0 Å². The molecule has 3 nitrogen and oxygen atoms in total. The van der Waals surface area contributed by atoms with E-state index >= 15 is 0 Å². The summed E-state index contributed by atoms with van der Waals surface area (Å²) in [6.07, 6.45) is 5.49. The van der Waals surface area contributed by atoms with Crippen LogP contribution in [0.2, 0.25) is 0 Å². The first-order valence-corrected chi connectivity index (χ1v) is 5.69. The van der Waals surface area contributed by atoms with E-state index in [4.69, 9.17) is 14.9 Å². The summed E-state index contributed by atoms with van der Waals surface area (Å²) in [5.74, 6) is 1.78. The zero-order valence-electron chi connectivity index (χ0n) is 9.29. The lowest BCUT2D eigenvalue weighted by Gasteiger charge is -2.09. The summed E-state index contributed by atoms with van der Waals surface area (Å²) in [7, 11) is 0. The van der Waals surface area contributed by atoms with Crippen molar-refractivity contribution in [3.05, 3.63) is 23.2 Å². The monoisotopic (exact) mass is 209 g/mol. The van der Waals surface area contributed by atoms with Gasteiger partial charge in [0.15, 0.2) is 0 Å². The Kier molecular flexibility index (Phi) is 3.44. The molecule has 1 aliphatic rings. The van der Waals surface area contributed by atoms with Crippen LogP contribution < -0.4 is 5.73 Å². The van der Waals surface area contributed by atoms with Crippen LogP contribution >= 0.6 is 0 Å². The molecule has 1 aromatic rings. The standard InChI is InChI=1S/C12H19NO2/c1-9-10(6-12(7-13)15-9)8-14-11-4-2-3-5-11/h6,11H,2-5,7-8,13H2,1H3. The molecule has 1 heterocycles. The van der Waals surface area contributed by atoms with E-state index in [1.807, 2.05) is 13.0 Å². The SMILES string of the molecule is Cc1oc(CN)cc1COC1CCCC1. The van der Waals surface area contributed by atoms with E-state index in [0.717, 1.165) is 17.1 Å². The number of furan rings is 1. The lowest BCUT2D eigenvalue weighted by Crippen LogP contribution is -2.07. The third-order valence-corrected chi connectivity index (χ3v) is 3.05. The predicted molar refractivity (Wildman–Crippen MR) is 58.4 cm³/mol. The normalized spacial score (nSPS) is 17.5. The molecule has 84 valence electrons. The highest BCUT2D eigenvalue weighted by molar-refractivity contribution is 5.19. The van der Waals surface area contributed by atoms with Crippen LogP contribution in [-0.4, -0.2) is 6.10 Å². The maximum Gasteiger partial charge on any atom is 0.118 e. The molecule has 0 unspecified atom stereocenters. The first-order valence-electron chi connectivity index (χ1n) is 5.69. The molecule has 1 aromatic heterocycles. The third-order valence-electron chi connectivity index (χ3n) is 3.05. The van der Waals surface area contributed by atoms with Crippen LogP contribution in [0.1, 0.15) is 42.8 Å². The Balaban J connectivity index is 1.89. The number of nitrogens with two attached hydrogens (primary N) is 1.